The summed E-state index contributed by atoms with van der Waals surface area (Å²) in [6.45, 7) is 1.69. The topological polar surface area (TPSA) is 83.5 Å². The first-order valence-corrected chi connectivity index (χ1v) is 10.2. The molecular weight excluding hydrogens is 369 g/mol. The predicted molar refractivity (Wildman–Crippen MR) is 91.5 cm³/mol. The van der Waals surface area contributed by atoms with Gasteiger partial charge in [0.05, 0.1) is 15.2 Å². The summed E-state index contributed by atoms with van der Waals surface area (Å²) in [5, 5.41) is 11.5. The van der Waals surface area contributed by atoms with Gasteiger partial charge >= 0.3 is 0 Å². The normalized spacial score (nSPS) is 27.9. The van der Waals surface area contributed by atoms with E-state index in [2.05, 4.69) is 5.32 Å². The van der Waals surface area contributed by atoms with Crippen LogP contribution in [0.15, 0.2) is 23.1 Å². The van der Waals surface area contributed by atoms with Crippen molar-refractivity contribution in [2.45, 2.75) is 48.3 Å². The van der Waals surface area contributed by atoms with Gasteiger partial charge in [0.25, 0.3) is 0 Å². The fourth-order valence-electron chi connectivity index (χ4n) is 3.44. The number of carbonyl (C=O) groups is 1. The van der Waals surface area contributed by atoms with Crippen LogP contribution in [0.4, 0.5) is 4.39 Å². The Morgan fingerprint density at radius 3 is 2.64 bits per heavy atom. The van der Waals surface area contributed by atoms with Crippen molar-refractivity contribution in [1.82, 2.24) is 5.32 Å². The summed E-state index contributed by atoms with van der Waals surface area (Å²) in [5.41, 5.74) is -0.200. The van der Waals surface area contributed by atoms with Crippen molar-refractivity contribution in [2.75, 3.05) is 6.61 Å². The molecule has 3 rings (SSSR count). The highest BCUT2D eigenvalue weighted by molar-refractivity contribution is 7.92. The number of sulfone groups is 1. The number of amides is 1. The number of hydrogen-bond donors (Lipinski definition) is 2. The van der Waals surface area contributed by atoms with E-state index >= 15 is 0 Å². The highest BCUT2D eigenvalue weighted by Gasteiger charge is 2.47. The second-order valence-electron chi connectivity index (χ2n) is 7.31. The molecule has 2 saturated carbocycles. The van der Waals surface area contributed by atoms with Gasteiger partial charge < -0.3 is 10.4 Å². The zero-order chi connectivity index (χ0) is 18.4. The fourth-order valence-corrected chi connectivity index (χ4v) is 5.84. The summed E-state index contributed by atoms with van der Waals surface area (Å²) in [7, 11) is -3.81. The van der Waals surface area contributed by atoms with Gasteiger partial charge in [-0.1, -0.05) is 11.6 Å². The van der Waals surface area contributed by atoms with Gasteiger partial charge in [-0.3, -0.25) is 4.79 Å². The van der Waals surface area contributed by atoms with Crippen molar-refractivity contribution >= 4 is 27.3 Å². The van der Waals surface area contributed by atoms with Crippen LogP contribution in [0.5, 0.6) is 0 Å². The molecule has 1 aromatic rings. The van der Waals surface area contributed by atoms with E-state index in [0.29, 0.717) is 0 Å². The van der Waals surface area contributed by atoms with Crippen LogP contribution in [0.2, 0.25) is 5.02 Å². The van der Waals surface area contributed by atoms with E-state index in [9.17, 15) is 22.7 Å². The number of hydrogen-bond acceptors (Lipinski definition) is 4. The van der Waals surface area contributed by atoms with Crippen molar-refractivity contribution in [3.05, 3.63) is 29.0 Å². The molecule has 0 aromatic heterocycles. The van der Waals surface area contributed by atoms with Crippen LogP contribution in [0.25, 0.3) is 0 Å². The minimum atomic E-state index is -3.81. The smallest absolute Gasteiger partial charge is 0.223 e. The summed E-state index contributed by atoms with van der Waals surface area (Å²) in [5.74, 6) is -1.79. The lowest BCUT2D eigenvalue weighted by atomic mass is 9.96. The molecule has 0 heterocycles. The number of rotatable bonds is 5. The molecule has 0 bridgehead atoms. The number of benzene rings is 1. The Morgan fingerprint density at radius 1 is 1.40 bits per heavy atom. The van der Waals surface area contributed by atoms with Gasteiger partial charge in [0.2, 0.25) is 5.91 Å². The van der Waals surface area contributed by atoms with Crippen molar-refractivity contribution in [3.8, 4) is 0 Å². The van der Waals surface area contributed by atoms with Crippen LogP contribution in [0, 0.1) is 17.7 Å². The van der Waals surface area contributed by atoms with Gasteiger partial charge in [0, 0.05) is 18.1 Å². The van der Waals surface area contributed by atoms with Crippen LogP contribution < -0.4 is 5.32 Å². The lowest BCUT2D eigenvalue weighted by Gasteiger charge is -2.19. The maximum absolute atomic E-state index is 13.2. The number of aliphatic hydroxyl groups is 1. The maximum atomic E-state index is 13.2. The van der Waals surface area contributed by atoms with Crippen LogP contribution >= 0.6 is 11.6 Å². The van der Waals surface area contributed by atoms with Gasteiger partial charge in [-0.2, -0.15) is 0 Å². The number of nitrogens with one attached hydrogen (secondary N) is 1. The third-order valence-electron chi connectivity index (χ3n) is 5.29. The lowest BCUT2D eigenvalue weighted by molar-refractivity contribution is -0.127. The summed E-state index contributed by atoms with van der Waals surface area (Å²) in [4.78, 5) is 12.4. The van der Waals surface area contributed by atoms with Crippen molar-refractivity contribution in [3.63, 3.8) is 0 Å². The van der Waals surface area contributed by atoms with Crippen LogP contribution in [0.1, 0.15) is 32.6 Å². The van der Waals surface area contributed by atoms with Gasteiger partial charge in [0.1, 0.15) is 5.82 Å². The van der Waals surface area contributed by atoms with Gasteiger partial charge in [0.15, 0.2) is 9.84 Å². The highest BCUT2D eigenvalue weighted by Crippen LogP contribution is 2.41. The van der Waals surface area contributed by atoms with Crippen molar-refractivity contribution in [2.24, 2.45) is 11.8 Å². The zero-order valence-electron chi connectivity index (χ0n) is 13.8. The molecule has 0 aliphatic heterocycles. The van der Waals surface area contributed by atoms with Crippen molar-refractivity contribution < 1.29 is 22.7 Å². The molecule has 8 heteroatoms. The number of aliphatic hydroxyl groups excluding tert-OH is 1. The third kappa shape index (κ3) is 3.68. The first-order valence-electron chi connectivity index (χ1n) is 8.28. The molecule has 1 aromatic carbocycles. The second kappa shape index (κ2) is 6.52. The largest absolute Gasteiger partial charge is 0.396 e. The van der Waals surface area contributed by atoms with E-state index in [4.69, 9.17) is 11.6 Å². The molecule has 0 spiro atoms. The molecule has 5 nitrogen and oxygen atoms in total. The lowest BCUT2D eigenvalue weighted by Crippen LogP contribution is -2.40. The number of carbonyl (C=O) groups excluding carboxylic acids is 1. The highest BCUT2D eigenvalue weighted by atomic mass is 35.5. The monoisotopic (exact) mass is 389 g/mol. The van der Waals surface area contributed by atoms with E-state index < -0.39 is 32.7 Å². The van der Waals surface area contributed by atoms with E-state index in [-0.39, 0.29) is 40.8 Å². The molecule has 25 heavy (non-hydrogen) atoms. The van der Waals surface area contributed by atoms with E-state index in [0.717, 1.165) is 31.0 Å². The first kappa shape index (κ1) is 18.6. The summed E-state index contributed by atoms with van der Waals surface area (Å²) in [6, 6.07) is 3.17. The molecule has 0 radical (unpaired) electrons. The van der Waals surface area contributed by atoms with E-state index in [1.54, 1.807) is 0 Å². The summed E-state index contributed by atoms with van der Waals surface area (Å²) < 4.78 is 38.9. The molecule has 2 N–H and O–H groups in total. The van der Waals surface area contributed by atoms with E-state index in [1.807, 2.05) is 6.92 Å². The predicted octanol–water partition coefficient (Wildman–Crippen LogP) is 2.31. The quantitative estimate of drug-likeness (QED) is 0.757. The summed E-state index contributed by atoms with van der Waals surface area (Å²) >= 11 is 5.91. The molecule has 3 atom stereocenters. The molecule has 138 valence electrons. The van der Waals surface area contributed by atoms with Crippen molar-refractivity contribution in [1.29, 1.82) is 0 Å². The summed E-state index contributed by atoms with van der Waals surface area (Å²) in [6.07, 6.45) is 2.12. The Bertz CT molecular complexity index is 794. The van der Waals surface area contributed by atoms with Gasteiger partial charge in [-0.25, -0.2) is 12.8 Å². The Labute approximate surface area is 151 Å². The Hall–Kier alpha value is -1.18. The van der Waals surface area contributed by atoms with Gasteiger partial charge in [-0.15, -0.1) is 0 Å². The minimum Gasteiger partial charge on any atom is -0.396 e. The van der Waals surface area contributed by atoms with E-state index in [1.165, 1.54) is 0 Å². The van der Waals surface area contributed by atoms with Crippen LogP contribution in [0.3, 0.4) is 0 Å². The number of halogens is 2. The Balaban J connectivity index is 1.82. The minimum absolute atomic E-state index is 0.128. The molecular formula is C17H21ClFNO4S. The Kier molecular flexibility index (Phi) is 4.85. The zero-order valence-corrected chi connectivity index (χ0v) is 15.4. The average Bonchev–Trinajstić information content (AvgIpc) is 3.09. The van der Waals surface area contributed by atoms with Gasteiger partial charge in [-0.05, 0) is 56.7 Å². The molecule has 1 amide bonds. The third-order valence-corrected chi connectivity index (χ3v) is 7.94. The molecule has 2 fully saturated rings. The molecule has 2 aliphatic rings. The standard InChI is InChI=1S/C17H21ClFNO4S/c1-17(4-5-17)20-16(22)13-8-12(6-10(13)9-21)25(23,24)15-3-2-11(19)7-14(15)18/h2-3,7,10,12-13,21H,4-6,8-9H2,1H3,(H,20,22). The average molecular weight is 390 g/mol. The molecule has 3 unspecified atom stereocenters. The fraction of sp³-hybridized carbons (Fsp3) is 0.588. The SMILES string of the molecule is CC1(NC(=O)C2CC(S(=O)(=O)c3ccc(F)cc3Cl)CC2CO)CC1. The first-order chi connectivity index (χ1) is 11.7. The molecule has 0 saturated heterocycles. The van der Waals surface area contributed by atoms with Crippen LogP contribution in [-0.2, 0) is 14.6 Å². The molecule has 2 aliphatic carbocycles. The maximum Gasteiger partial charge on any atom is 0.223 e. The second-order valence-corrected chi connectivity index (χ2v) is 9.92. The Morgan fingerprint density at radius 2 is 2.08 bits per heavy atom. The van der Waals surface area contributed by atoms with Crippen LogP contribution in [-0.4, -0.2) is 36.8 Å².